The van der Waals surface area contributed by atoms with Gasteiger partial charge in [0, 0.05) is 32.7 Å². The normalized spacial score (nSPS) is 18.3. The third-order valence-corrected chi connectivity index (χ3v) is 5.30. The Morgan fingerprint density at radius 1 is 1.25 bits per heavy atom. The van der Waals surface area contributed by atoms with Gasteiger partial charge >= 0.3 is 0 Å². The van der Waals surface area contributed by atoms with Crippen LogP contribution < -0.4 is 5.73 Å². The van der Waals surface area contributed by atoms with Gasteiger partial charge in [-0.2, -0.15) is 0 Å². The first-order chi connectivity index (χ1) is 9.38. The number of hydrogen-bond donors (Lipinski definition) is 1. The van der Waals surface area contributed by atoms with Crippen LogP contribution >= 0.6 is 0 Å². The highest BCUT2D eigenvalue weighted by molar-refractivity contribution is 7.91. The molecule has 1 aromatic rings. The standard InChI is InChI=1S/C13H20FN3O2S/c1-16-4-6-17(7-5-16)8-9-20(18,19)11-2-3-13(15)12(14)10-11/h2-3,10H,4-9,15H2,1H3. The molecule has 0 aliphatic carbocycles. The third-order valence-electron chi connectivity index (χ3n) is 3.60. The summed E-state index contributed by atoms with van der Waals surface area (Å²) in [6, 6.07) is 3.64. The fourth-order valence-corrected chi connectivity index (χ4v) is 3.43. The van der Waals surface area contributed by atoms with Crippen LogP contribution in [0.15, 0.2) is 23.1 Å². The van der Waals surface area contributed by atoms with Gasteiger partial charge in [0.15, 0.2) is 9.84 Å². The van der Waals surface area contributed by atoms with E-state index in [2.05, 4.69) is 9.80 Å². The Morgan fingerprint density at radius 3 is 2.50 bits per heavy atom. The highest BCUT2D eigenvalue weighted by atomic mass is 32.2. The predicted molar refractivity (Wildman–Crippen MR) is 76.8 cm³/mol. The lowest BCUT2D eigenvalue weighted by atomic mass is 10.3. The molecule has 0 radical (unpaired) electrons. The molecule has 7 heteroatoms. The van der Waals surface area contributed by atoms with E-state index in [1.54, 1.807) is 0 Å². The van der Waals surface area contributed by atoms with E-state index >= 15 is 0 Å². The molecule has 1 aliphatic heterocycles. The van der Waals surface area contributed by atoms with Crippen LogP contribution in [0.3, 0.4) is 0 Å². The number of piperazine rings is 1. The van der Waals surface area contributed by atoms with E-state index in [4.69, 9.17) is 5.73 Å². The molecular formula is C13H20FN3O2S. The summed E-state index contributed by atoms with van der Waals surface area (Å²) in [6.07, 6.45) is 0. The second-order valence-electron chi connectivity index (χ2n) is 5.15. The van der Waals surface area contributed by atoms with E-state index in [1.165, 1.54) is 12.1 Å². The highest BCUT2D eigenvalue weighted by Crippen LogP contribution is 2.17. The molecule has 20 heavy (non-hydrogen) atoms. The number of halogens is 1. The molecule has 1 heterocycles. The van der Waals surface area contributed by atoms with Crippen LogP contribution in [0.2, 0.25) is 0 Å². The SMILES string of the molecule is CN1CCN(CCS(=O)(=O)c2ccc(N)c(F)c2)CC1. The molecule has 2 rings (SSSR count). The second kappa shape index (κ2) is 6.07. The topological polar surface area (TPSA) is 66.6 Å². The number of hydrogen-bond acceptors (Lipinski definition) is 5. The summed E-state index contributed by atoms with van der Waals surface area (Å²) in [5.41, 5.74) is 5.31. The first kappa shape index (κ1) is 15.2. The van der Waals surface area contributed by atoms with Crippen molar-refractivity contribution >= 4 is 15.5 Å². The predicted octanol–water partition coefficient (Wildman–Crippen LogP) is 0.429. The smallest absolute Gasteiger partial charge is 0.179 e. The third kappa shape index (κ3) is 3.68. The van der Waals surface area contributed by atoms with E-state index in [-0.39, 0.29) is 16.3 Å². The van der Waals surface area contributed by atoms with Crippen LogP contribution in [0.5, 0.6) is 0 Å². The maximum atomic E-state index is 13.3. The van der Waals surface area contributed by atoms with Gasteiger partial charge in [0.1, 0.15) is 5.82 Å². The van der Waals surface area contributed by atoms with Crippen molar-refractivity contribution in [1.29, 1.82) is 0 Å². The summed E-state index contributed by atoms with van der Waals surface area (Å²) in [7, 11) is -1.42. The number of nitrogens with zero attached hydrogens (tertiary/aromatic N) is 2. The van der Waals surface area contributed by atoms with Gasteiger partial charge < -0.3 is 10.6 Å². The fraction of sp³-hybridized carbons (Fsp3) is 0.538. The van der Waals surface area contributed by atoms with Gasteiger partial charge in [0.25, 0.3) is 0 Å². The van der Waals surface area contributed by atoms with Crippen molar-refractivity contribution < 1.29 is 12.8 Å². The lowest BCUT2D eigenvalue weighted by molar-refractivity contribution is 0.161. The molecule has 0 aromatic heterocycles. The maximum absolute atomic E-state index is 13.3. The summed E-state index contributed by atoms with van der Waals surface area (Å²) in [4.78, 5) is 4.32. The Morgan fingerprint density at radius 2 is 1.90 bits per heavy atom. The van der Waals surface area contributed by atoms with Crippen LogP contribution in [-0.2, 0) is 9.84 Å². The average molecular weight is 301 g/mol. The number of anilines is 1. The molecular weight excluding hydrogens is 281 g/mol. The van der Waals surface area contributed by atoms with Gasteiger partial charge in [-0.1, -0.05) is 0 Å². The summed E-state index contributed by atoms with van der Waals surface area (Å²) >= 11 is 0. The maximum Gasteiger partial charge on any atom is 0.179 e. The number of nitrogen functional groups attached to an aromatic ring is 1. The van der Waals surface area contributed by atoms with Crippen molar-refractivity contribution in [3.8, 4) is 0 Å². The molecule has 0 saturated carbocycles. The molecule has 1 aromatic carbocycles. The fourth-order valence-electron chi connectivity index (χ4n) is 2.14. The summed E-state index contributed by atoms with van der Waals surface area (Å²) in [5, 5.41) is 0. The van der Waals surface area contributed by atoms with Crippen LogP contribution in [0.25, 0.3) is 0 Å². The molecule has 1 fully saturated rings. The number of rotatable bonds is 4. The number of sulfone groups is 1. The van der Waals surface area contributed by atoms with Crippen molar-refractivity contribution in [2.45, 2.75) is 4.90 Å². The van der Waals surface area contributed by atoms with Crippen molar-refractivity contribution in [3.63, 3.8) is 0 Å². The molecule has 0 atom stereocenters. The Kier molecular flexibility index (Phi) is 4.62. The minimum atomic E-state index is -3.46. The zero-order valence-corrected chi connectivity index (χ0v) is 12.4. The van der Waals surface area contributed by atoms with Gasteiger partial charge in [0.05, 0.1) is 16.3 Å². The zero-order chi connectivity index (χ0) is 14.8. The van der Waals surface area contributed by atoms with E-state index < -0.39 is 15.7 Å². The van der Waals surface area contributed by atoms with E-state index in [0.717, 1.165) is 32.2 Å². The van der Waals surface area contributed by atoms with Crippen molar-refractivity contribution in [1.82, 2.24) is 9.80 Å². The lowest BCUT2D eigenvalue weighted by Gasteiger charge is -2.32. The van der Waals surface area contributed by atoms with Gasteiger partial charge in [-0.3, -0.25) is 4.90 Å². The Bertz CT molecular complexity index is 569. The van der Waals surface area contributed by atoms with E-state index in [1.807, 2.05) is 7.05 Å². The van der Waals surface area contributed by atoms with E-state index in [0.29, 0.717) is 6.54 Å². The molecule has 1 saturated heterocycles. The Balaban J connectivity index is 1.98. The lowest BCUT2D eigenvalue weighted by Crippen LogP contribution is -2.45. The largest absolute Gasteiger partial charge is 0.396 e. The first-order valence-electron chi connectivity index (χ1n) is 6.57. The monoisotopic (exact) mass is 301 g/mol. The van der Waals surface area contributed by atoms with Crippen LogP contribution in [0, 0.1) is 5.82 Å². The van der Waals surface area contributed by atoms with E-state index in [9.17, 15) is 12.8 Å². The molecule has 0 unspecified atom stereocenters. The summed E-state index contributed by atoms with van der Waals surface area (Å²) < 4.78 is 37.7. The molecule has 0 spiro atoms. The first-order valence-corrected chi connectivity index (χ1v) is 8.22. The van der Waals surface area contributed by atoms with Gasteiger partial charge in [-0.15, -0.1) is 0 Å². The van der Waals surface area contributed by atoms with Crippen molar-refractivity contribution in [3.05, 3.63) is 24.0 Å². The highest BCUT2D eigenvalue weighted by Gasteiger charge is 2.20. The number of nitrogens with two attached hydrogens (primary N) is 1. The molecule has 0 bridgehead atoms. The van der Waals surface area contributed by atoms with Crippen LogP contribution in [0.4, 0.5) is 10.1 Å². The van der Waals surface area contributed by atoms with Gasteiger partial charge in [0.2, 0.25) is 0 Å². The molecule has 5 nitrogen and oxygen atoms in total. The number of benzene rings is 1. The average Bonchev–Trinajstić information content (AvgIpc) is 2.41. The quantitative estimate of drug-likeness (QED) is 0.817. The Labute approximate surface area is 119 Å². The molecule has 1 aliphatic rings. The zero-order valence-electron chi connectivity index (χ0n) is 11.5. The molecule has 112 valence electrons. The Hall–Kier alpha value is -1.18. The van der Waals surface area contributed by atoms with Crippen LogP contribution in [0.1, 0.15) is 0 Å². The van der Waals surface area contributed by atoms with Gasteiger partial charge in [-0.25, -0.2) is 12.8 Å². The van der Waals surface area contributed by atoms with Crippen molar-refractivity contribution in [2.24, 2.45) is 0 Å². The second-order valence-corrected chi connectivity index (χ2v) is 7.26. The minimum absolute atomic E-state index is 0.0000718. The van der Waals surface area contributed by atoms with Gasteiger partial charge in [-0.05, 0) is 25.2 Å². The van der Waals surface area contributed by atoms with Crippen LogP contribution in [-0.4, -0.2) is 63.7 Å². The summed E-state index contributed by atoms with van der Waals surface area (Å²) in [6.45, 7) is 4.08. The summed E-state index contributed by atoms with van der Waals surface area (Å²) in [5.74, 6) is -0.689. The van der Waals surface area contributed by atoms with Crippen molar-refractivity contribution in [2.75, 3.05) is 51.3 Å². The minimum Gasteiger partial charge on any atom is -0.396 e. The number of likely N-dealkylation sites (N-methyl/N-ethyl adjacent to an activating group) is 1. The molecule has 2 N–H and O–H groups in total. The molecule has 0 amide bonds.